The molecule has 4 atom stereocenters. The van der Waals surface area contributed by atoms with Crippen molar-refractivity contribution in [3.63, 3.8) is 0 Å². The van der Waals surface area contributed by atoms with Crippen molar-refractivity contribution in [3.05, 3.63) is 48.0 Å². The number of nitrogens with one attached hydrogen (secondary N) is 2. The molecule has 0 aromatic heterocycles. The molecular weight excluding hydrogens is 454 g/mol. The second kappa shape index (κ2) is 13.4. The topological polar surface area (TPSA) is 131 Å². The Bertz CT molecular complexity index is 1040. The molecule has 0 radical (unpaired) electrons. The third kappa shape index (κ3) is 7.04. The van der Waals surface area contributed by atoms with E-state index in [0.717, 1.165) is 30.2 Å². The number of carbonyl (C=O) groups excluding carboxylic acids is 3. The molecule has 1 heterocycles. The highest BCUT2D eigenvalue weighted by Gasteiger charge is 2.44. The van der Waals surface area contributed by atoms with E-state index in [1.54, 1.807) is 4.90 Å². The Kier molecular flexibility index (Phi) is 10.3. The minimum atomic E-state index is -0.641. The maximum Gasteiger partial charge on any atom is 0.239 e. The summed E-state index contributed by atoms with van der Waals surface area (Å²) in [5.74, 6) is -1.78. The Labute approximate surface area is 214 Å². The maximum atomic E-state index is 13.2. The maximum absolute atomic E-state index is 13.2. The second-order valence-corrected chi connectivity index (χ2v) is 9.88. The molecule has 0 aliphatic carbocycles. The van der Waals surface area contributed by atoms with Crippen LogP contribution in [0.25, 0.3) is 10.8 Å². The zero-order valence-electron chi connectivity index (χ0n) is 21.5. The highest BCUT2D eigenvalue weighted by atomic mass is 16.2. The van der Waals surface area contributed by atoms with Gasteiger partial charge in [0.2, 0.25) is 17.7 Å². The van der Waals surface area contributed by atoms with Crippen LogP contribution in [-0.2, 0) is 20.8 Å². The van der Waals surface area contributed by atoms with E-state index in [4.69, 9.17) is 11.5 Å². The van der Waals surface area contributed by atoms with Crippen LogP contribution in [0.5, 0.6) is 0 Å². The first-order valence-electron chi connectivity index (χ1n) is 13.1. The first-order chi connectivity index (χ1) is 17.3. The fourth-order valence-corrected chi connectivity index (χ4v) is 4.69. The van der Waals surface area contributed by atoms with Crippen LogP contribution in [0.2, 0.25) is 0 Å². The quantitative estimate of drug-likeness (QED) is 0.334. The second-order valence-electron chi connectivity index (χ2n) is 9.88. The van der Waals surface area contributed by atoms with Gasteiger partial charge in [0.25, 0.3) is 0 Å². The van der Waals surface area contributed by atoms with Gasteiger partial charge in [-0.15, -0.1) is 0 Å². The molecule has 2 aromatic rings. The Hall–Kier alpha value is -2.97. The van der Waals surface area contributed by atoms with E-state index in [2.05, 4.69) is 41.0 Å². The molecule has 0 bridgehead atoms. The van der Waals surface area contributed by atoms with E-state index in [1.807, 2.05) is 26.0 Å². The van der Waals surface area contributed by atoms with Gasteiger partial charge >= 0.3 is 0 Å². The highest BCUT2D eigenvalue weighted by Crippen LogP contribution is 2.26. The standard InChI is InChI=1S/C28H41N5O3/c1-3-19(2)25(30)28(36)33-17-23(26(34)31-14-7-6-13-29)24(18-33)27(35)32-15-12-20-10-11-21-8-4-5-9-22(21)16-20/h4-5,8-11,16,19,23-25H,3,6-7,12-15,17-18,29-30H2,1-2H3,(H,31,34)(H,32,35)/t19-,23+,24+,25-/m0/s1. The Morgan fingerprint density at radius 3 is 2.25 bits per heavy atom. The van der Waals surface area contributed by atoms with Crippen molar-refractivity contribution < 1.29 is 14.4 Å². The average molecular weight is 496 g/mol. The summed E-state index contributed by atoms with van der Waals surface area (Å²) in [5.41, 5.74) is 12.9. The lowest BCUT2D eigenvalue weighted by molar-refractivity contribution is -0.133. The number of likely N-dealkylation sites (tertiary alicyclic amines) is 1. The molecular formula is C28H41N5O3. The minimum absolute atomic E-state index is 0.0240. The zero-order chi connectivity index (χ0) is 26.1. The fourth-order valence-electron chi connectivity index (χ4n) is 4.69. The summed E-state index contributed by atoms with van der Waals surface area (Å²) >= 11 is 0. The lowest BCUT2D eigenvalue weighted by Crippen LogP contribution is -2.46. The number of nitrogens with two attached hydrogens (primary N) is 2. The number of hydrogen-bond donors (Lipinski definition) is 4. The Balaban J connectivity index is 1.63. The number of rotatable bonds is 12. The molecule has 1 aliphatic heterocycles. The van der Waals surface area contributed by atoms with Gasteiger partial charge in [0, 0.05) is 26.2 Å². The summed E-state index contributed by atoms with van der Waals surface area (Å²) in [6.07, 6.45) is 3.06. The Morgan fingerprint density at radius 1 is 0.972 bits per heavy atom. The number of unbranched alkanes of at least 4 members (excludes halogenated alkanes) is 1. The van der Waals surface area contributed by atoms with Gasteiger partial charge in [-0.1, -0.05) is 62.7 Å². The van der Waals surface area contributed by atoms with Gasteiger partial charge in [-0.2, -0.15) is 0 Å². The van der Waals surface area contributed by atoms with Gasteiger partial charge < -0.3 is 27.0 Å². The SMILES string of the molecule is CC[C@H](C)[C@H](N)C(=O)N1C[C@@H](C(=O)NCCCCN)[C@H](C(=O)NCCc2ccc3ccccc3c2)C1. The summed E-state index contributed by atoms with van der Waals surface area (Å²) in [4.78, 5) is 40.8. The van der Waals surface area contributed by atoms with Crippen molar-refractivity contribution in [2.45, 2.75) is 45.6 Å². The molecule has 2 aromatic carbocycles. The molecule has 196 valence electrons. The van der Waals surface area contributed by atoms with Gasteiger partial charge in [0.1, 0.15) is 0 Å². The Morgan fingerprint density at radius 2 is 1.61 bits per heavy atom. The number of amides is 3. The molecule has 0 unspecified atom stereocenters. The van der Waals surface area contributed by atoms with Crippen molar-refractivity contribution in [1.29, 1.82) is 0 Å². The average Bonchev–Trinajstić information content (AvgIpc) is 3.35. The molecule has 8 nitrogen and oxygen atoms in total. The molecule has 3 rings (SSSR count). The molecule has 0 spiro atoms. The largest absolute Gasteiger partial charge is 0.356 e. The van der Waals surface area contributed by atoms with Crippen LogP contribution in [0.3, 0.4) is 0 Å². The van der Waals surface area contributed by atoms with Crippen LogP contribution in [0.1, 0.15) is 38.7 Å². The first-order valence-corrected chi connectivity index (χ1v) is 13.1. The van der Waals surface area contributed by atoms with Crippen LogP contribution < -0.4 is 22.1 Å². The minimum Gasteiger partial charge on any atom is -0.356 e. The normalized spacial score (nSPS) is 19.2. The van der Waals surface area contributed by atoms with E-state index < -0.39 is 17.9 Å². The molecule has 6 N–H and O–H groups in total. The molecule has 1 aliphatic rings. The van der Waals surface area contributed by atoms with Gasteiger partial charge in [0.05, 0.1) is 17.9 Å². The van der Waals surface area contributed by atoms with E-state index in [1.165, 1.54) is 5.39 Å². The number of fused-ring (bicyclic) bond motifs is 1. The smallest absolute Gasteiger partial charge is 0.239 e. The zero-order valence-corrected chi connectivity index (χ0v) is 21.5. The van der Waals surface area contributed by atoms with Crippen LogP contribution in [0, 0.1) is 17.8 Å². The van der Waals surface area contributed by atoms with Crippen molar-refractivity contribution in [3.8, 4) is 0 Å². The number of carbonyl (C=O) groups is 3. The molecule has 1 fully saturated rings. The van der Waals surface area contributed by atoms with Crippen molar-refractivity contribution in [2.24, 2.45) is 29.2 Å². The fraction of sp³-hybridized carbons (Fsp3) is 0.536. The third-order valence-corrected chi connectivity index (χ3v) is 7.30. The predicted molar refractivity (Wildman–Crippen MR) is 143 cm³/mol. The molecule has 3 amide bonds. The van der Waals surface area contributed by atoms with Gasteiger partial charge in [-0.3, -0.25) is 14.4 Å². The molecule has 8 heteroatoms. The van der Waals surface area contributed by atoms with Gasteiger partial charge in [-0.25, -0.2) is 0 Å². The van der Waals surface area contributed by atoms with Gasteiger partial charge in [0.15, 0.2) is 0 Å². The van der Waals surface area contributed by atoms with E-state index >= 15 is 0 Å². The van der Waals surface area contributed by atoms with Crippen molar-refractivity contribution in [1.82, 2.24) is 15.5 Å². The van der Waals surface area contributed by atoms with Crippen LogP contribution >= 0.6 is 0 Å². The van der Waals surface area contributed by atoms with Crippen LogP contribution in [0.15, 0.2) is 42.5 Å². The third-order valence-electron chi connectivity index (χ3n) is 7.30. The lowest BCUT2D eigenvalue weighted by atomic mass is 9.94. The van der Waals surface area contributed by atoms with E-state index in [0.29, 0.717) is 26.1 Å². The molecule has 0 saturated carbocycles. The predicted octanol–water partition coefficient (Wildman–Crippen LogP) is 1.80. The van der Waals surface area contributed by atoms with Gasteiger partial charge in [-0.05, 0) is 48.1 Å². The van der Waals surface area contributed by atoms with Crippen LogP contribution in [0.4, 0.5) is 0 Å². The summed E-state index contributed by atoms with van der Waals surface area (Å²) in [6.45, 7) is 5.86. The summed E-state index contributed by atoms with van der Waals surface area (Å²) < 4.78 is 0. The molecule has 1 saturated heterocycles. The summed E-state index contributed by atoms with van der Waals surface area (Å²) in [7, 11) is 0. The number of benzene rings is 2. The monoisotopic (exact) mass is 495 g/mol. The summed E-state index contributed by atoms with van der Waals surface area (Å²) in [6, 6.07) is 13.8. The first kappa shape index (κ1) is 27.6. The highest BCUT2D eigenvalue weighted by molar-refractivity contribution is 5.91. The molecule has 36 heavy (non-hydrogen) atoms. The number of nitrogens with zero attached hydrogens (tertiary/aromatic N) is 1. The van der Waals surface area contributed by atoms with E-state index in [9.17, 15) is 14.4 Å². The lowest BCUT2D eigenvalue weighted by Gasteiger charge is -2.24. The van der Waals surface area contributed by atoms with E-state index in [-0.39, 0.29) is 36.7 Å². The van der Waals surface area contributed by atoms with Crippen molar-refractivity contribution >= 4 is 28.5 Å². The van der Waals surface area contributed by atoms with Crippen LogP contribution in [-0.4, -0.2) is 61.4 Å². The number of hydrogen-bond acceptors (Lipinski definition) is 5. The summed E-state index contributed by atoms with van der Waals surface area (Å²) in [5, 5.41) is 8.26. The van der Waals surface area contributed by atoms with Crippen molar-refractivity contribution in [2.75, 3.05) is 32.7 Å².